The van der Waals surface area contributed by atoms with E-state index in [-0.39, 0.29) is 0 Å². The van der Waals surface area contributed by atoms with Gasteiger partial charge in [0.25, 0.3) is 0 Å². The van der Waals surface area contributed by atoms with E-state index in [0.717, 1.165) is 122 Å². The number of para-hydroxylation sites is 4. The Morgan fingerprint density at radius 2 is 0.500 bits per heavy atom. The fourth-order valence-electron chi connectivity index (χ4n) is 11.6. The molecule has 74 heavy (non-hydrogen) atoms. The Morgan fingerprint density at radius 3 is 0.811 bits per heavy atom. The molecule has 8 nitrogen and oxygen atoms in total. The number of benzene rings is 9. The lowest BCUT2D eigenvalue weighted by molar-refractivity contribution is 0.958. The summed E-state index contributed by atoms with van der Waals surface area (Å²) < 4.78 is 9.11. The monoisotopic (exact) mass is 946 g/mol. The molecule has 15 aromatic rings. The van der Waals surface area contributed by atoms with Crippen LogP contribution in [0.15, 0.2) is 255 Å². The first-order valence-corrected chi connectivity index (χ1v) is 24.9. The molecule has 0 saturated heterocycles. The summed E-state index contributed by atoms with van der Waals surface area (Å²) in [6.07, 6.45) is 7.94. The molecule has 6 heterocycles. The fraction of sp³-hybridized carbons (Fsp3) is 0. The highest BCUT2D eigenvalue weighted by molar-refractivity contribution is 6.20. The van der Waals surface area contributed by atoms with Crippen molar-refractivity contribution in [3.8, 4) is 68.0 Å². The summed E-state index contributed by atoms with van der Waals surface area (Å²) in [4.78, 5) is 21.1. The van der Waals surface area contributed by atoms with Gasteiger partial charge in [0.1, 0.15) is 0 Å². The first-order chi connectivity index (χ1) is 36.8. The standard InChI is InChI=1S/C66H42N8/c1-5-21-43(22-6-1)59-53-37-38-54-60(44-23-7-2-8-24-44)62(46-27-11-4-12-28-46)72(48-41-69-66(70-42-48)74-57-35-19-15-31-51(57)52-32-16-20-36-58(52)74)64(54)63(53)71(61(59)45-25-9-3-10-26-45)47-39-67-65(68-40-47)73-55-33-17-13-29-49(55)50-30-14-18-34-56(50)73/h1-42H. The molecule has 0 aliphatic carbocycles. The van der Waals surface area contributed by atoms with Crippen molar-refractivity contribution in [2.24, 2.45) is 0 Å². The molecule has 0 aliphatic rings. The van der Waals surface area contributed by atoms with Gasteiger partial charge in [0.15, 0.2) is 0 Å². The number of hydrogen-bond donors (Lipinski definition) is 0. The maximum atomic E-state index is 5.28. The van der Waals surface area contributed by atoms with Crippen molar-refractivity contribution >= 4 is 65.4 Å². The van der Waals surface area contributed by atoms with E-state index in [2.05, 4.69) is 249 Å². The van der Waals surface area contributed by atoms with Crippen LogP contribution in [0.2, 0.25) is 0 Å². The van der Waals surface area contributed by atoms with Gasteiger partial charge in [-0.25, -0.2) is 19.9 Å². The van der Waals surface area contributed by atoms with Crippen molar-refractivity contribution < 1.29 is 0 Å². The minimum atomic E-state index is 0.596. The van der Waals surface area contributed by atoms with Crippen molar-refractivity contribution in [3.63, 3.8) is 0 Å². The second-order valence-electron chi connectivity index (χ2n) is 18.7. The molecule has 6 aromatic heterocycles. The number of aromatic nitrogens is 8. The molecule has 0 radical (unpaired) electrons. The zero-order chi connectivity index (χ0) is 48.7. The van der Waals surface area contributed by atoms with E-state index in [0.29, 0.717) is 11.9 Å². The summed E-state index contributed by atoms with van der Waals surface area (Å²) >= 11 is 0. The van der Waals surface area contributed by atoms with Gasteiger partial charge in [-0.15, -0.1) is 0 Å². The molecule has 9 aromatic carbocycles. The molecule has 8 heteroatoms. The molecule has 0 bridgehead atoms. The number of rotatable bonds is 8. The Bertz CT molecular complexity index is 4210. The molecule has 15 rings (SSSR count). The summed E-state index contributed by atoms with van der Waals surface area (Å²) in [7, 11) is 0. The van der Waals surface area contributed by atoms with Crippen LogP contribution in [-0.4, -0.2) is 38.2 Å². The molecule has 0 atom stereocenters. The van der Waals surface area contributed by atoms with Crippen LogP contribution in [0.4, 0.5) is 0 Å². The van der Waals surface area contributed by atoms with Crippen LogP contribution in [-0.2, 0) is 0 Å². The molecule has 0 aliphatic heterocycles. The topological polar surface area (TPSA) is 71.3 Å². The van der Waals surface area contributed by atoms with E-state index in [9.17, 15) is 0 Å². The van der Waals surface area contributed by atoms with Gasteiger partial charge in [-0.05, 0) is 46.5 Å². The SMILES string of the molecule is c1ccc(-c2c(-c3ccccc3)n(-c3cnc(-n4c5ccccc5c5ccccc54)nc3)c3c2ccc2c(-c4ccccc4)c(-c4ccccc4)n(-c4cnc(-n5c6ccccc6c6ccccc65)nc4)c23)cc1. The van der Waals surface area contributed by atoms with Crippen LogP contribution < -0.4 is 0 Å². The van der Waals surface area contributed by atoms with Crippen LogP contribution in [0.1, 0.15) is 0 Å². The molecule has 0 N–H and O–H groups in total. The summed E-state index contributed by atoms with van der Waals surface area (Å²) in [5, 5.41) is 6.79. The zero-order valence-electron chi connectivity index (χ0n) is 39.8. The summed E-state index contributed by atoms with van der Waals surface area (Å²) in [6, 6.07) is 81.4. The number of hydrogen-bond acceptors (Lipinski definition) is 4. The smallest absolute Gasteiger partial charge is 0.234 e. The lowest BCUT2D eigenvalue weighted by Crippen LogP contribution is -2.06. The van der Waals surface area contributed by atoms with Crippen LogP contribution >= 0.6 is 0 Å². The average molecular weight is 947 g/mol. The molecular weight excluding hydrogens is 905 g/mol. The maximum Gasteiger partial charge on any atom is 0.234 e. The van der Waals surface area contributed by atoms with E-state index in [1.807, 2.05) is 24.8 Å². The van der Waals surface area contributed by atoms with Gasteiger partial charge in [0, 0.05) is 43.4 Å². The molecule has 0 saturated carbocycles. The van der Waals surface area contributed by atoms with E-state index < -0.39 is 0 Å². The Labute approximate surface area is 425 Å². The third-order valence-electron chi connectivity index (χ3n) is 14.6. The van der Waals surface area contributed by atoms with Gasteiger partial charge < -0.3 is 9.13 Å². The normalized spacial score (nSPS) is 11.8. The Hall–Kier alpha value is -10.2. The Morgan fingerprint density at radius 1 is 0.230 bits per heavy atom. The zero-order valence-corrected chi connectivity index (χ0v) is 39.8. The molecule has 0 unspecified atom stereocenters. The van der Waals surface area contributed by atoms with Gasteiger partial charge in [0.05, 0.1) is 80.7 Å². The highest BCUT2D eigenvalue weighted by atomic mass is 15.2. The molecule has 0 amide bonds. The minimum absolute atomic E-state index is 0.596. The predicted octanol–water partition coefficient (Wildman–Crippen LogP) is 16.0. The van der Waals surface area contributed by atoms with Gasteiger partial charge in [-0.2, -0.15) is 0 Å². The van der Waals surface area contributed by atoms with E-state index in [1.54, 1.807) is 0 Å². The first kappa shape index (κ1) is 41.6. The summed E-state index contributed by atoms with van der Waals surface area (Å²) in [5.74, 6) is 1.19. The van der Waals surface area contributed by atoms with Gasteiger partial charge in [0.2, 0.25) is 11.9 Å². The van der Waals surface area contributed by atoms with Crippen LogP contribution in [0, 0.1) is 0 Å². The predicted molar refractivity (Wildman–Crippen MR) is 302 cm³/mol. The van der Waals surface area contributed by atoms with Crippen LogP contribution in [0.5, 0.6) is 0 Å². The highest BCUT2D eigenvalue weighted by Gasteiger charge is 2.30. The molecule has 346 valence electrons. The molecular formula is C66H42N8. The van der Waals surface area contributed by atoms with E-state index in [4.69, 9.17) is 19.9 Å². The maximum absolute atomic E-state index is 5.28. The van der Waals surface area contributed by atoms with E-state index >= 15 is 0 Å². The third-order valence-corrected chi connectivity index (χ3v) is 14.6. The Balaban J connectivity index is 1.07. The first-order valence-electron chi connectivity index (χ1n) is 24.9. The van der Waals surface area contributed by atoms with Crippen molar-refractivity contribution in [1.82, 2.24) is 38.2 Å². The van der Waals surface area contributed by atoms with Crippen molar-refractivity contribution in [1.29, 1.82) is 0 Å². The summed E-state index contributed by atoms with van der Waals surface area (Å²) in [5.41, 5.74) is 16.4. The average Bonchev–Trinajstić information content (AvgIpc) is 4.23. The minimum Gasteiger partial charge on any atom is -0.304 e. The lowest BCUT2D eigenvalue weighted by atomic mass is 9.96. The highest BCUT2D eigenvalue weighted by Crippen LogP contribution is 2.50. The number of fused-ring (bicyclic) bond motifs is 9. The lowest BCUT2D eigenvalue weighted by Gasteiger charge is -2.16. The van der Waals surface area contributed by atoms with Crippen LogP contribution in [0.3, 0.4) is 0 Å². The second-order valence-corrected chi connectivity index (χ2v) is 18.7. The van der Waals surface area contributed by atoms with Crippen LogP contribution in [0.25, 0.3) is 133 Å². The van der Waals surface area contributed by atoms with Crippen molar-refractivity contribution in [2.75, 3.05) is 0 Å². The summed E-state index contributed by atoms with van der Waals surface area (Å²) in [6.45, 7) is 0. The quantitative estimate of drug-likeness (QED) is 0.152. The Kier molecular flexibility index (Phi) is 9.40. The van der Waals surface area contributed by atoms with Gasteiger partial charge >= 0.3 is 0 Å². The molecule has 0 fully saturated rings. The van der Waals surface area contributed by atoms with Crippen molar-refractivity contribution in [2.45, 2.75) is 0 Å². The second kappa shape index (κ2) is 16.7. The third kappa shape index (κ3) is 6.28. The van der Waals surface area contributed by atoms with Crippen molar-refractivity contribution in [3.05, 3.63) is 255 Å². The fourth-order valence-corrected chi connectivity index (χ4v) is 11.6. The van der Waals surface area contributed by atoms with Gasteiger partial charge in [-0.1, -0.05) is 206 Å². The van der Waals surface area contributed by atoms with Gasteiger partial charge in [-0.3, -0.25) is 9.13 Å². The largest absolute Gasteiger partial charge is 0.304 e. The molecule has 0 spiro atoms. The number of nitrogens with zero attached hydrogens (tertiary/aromatic N) is 8. The van der Waals surface area contributed by atoms with E-state index in [1.165, 1.54) is 0 Å².